The van der Waals surface area contributed by atoms with Crippen molar-refractivity contribution in [1.29, 1.82) is 0 Å². The maximum Gasteiger partial charge on any atom is 0.321 e. The minimum atomic E-state index is -0.795. The quantitative estimate of drug-likeness (QED) is 0.866. The summed E-state index contributed by atoms with van der Waals surface area (Å²) in [4.78, 5) is 25.3. The van der Waals surface area contributed by atoms with Crippen LogP contribution in [-0.2, 0) is 4.79 Å². The van der Waals surface area contributed by atoms with Crippen LogP contribution in [0.25, 0.3) is 11.4 Å². The number of aromatic nitrogens is 4. The highest BCUT2D eigenvalue weighted by Crippen LogP contribution is 2.28. The Bertz CT molecular complexity index is 795. The number of tetrazole rings is 1. The maximum atomic E-state index is 12.6. The van der Waals surface area contributed by atoms with Gasteiger partial charge in [-0.05, 0) is 49.2 Å². The fraction of sp³-hybridized carbons (Fsp3) is 0.471. The van der Waals surface area contributed by atoms with Gasteiger partial charge in [-0.15, -0.1) is 5.10 Å². The molecule has 1 aliphatic heterocycles. The number of hydrogen-bond donors (Lipinski definition) is 2. The first kappa shape index (κ1) is 17.8. The van der Waals surface area contributed by atoms with E-state index in [0.29, 0.717) is 37.4 Å². The van der Waals surface area contributed by atoms with Gasteiger partial charge in [-0.3, -0.25) is 4.79 Å². The number of likely N-dealkylation sites (tertiary alicyclic amines) is 1. The van der Waals surface area contributed by atoms with Crippen LogP contribution in [0.4, 0.5) is 10.5 Å². The van der Waals surface area contributed by atoms with E-state index < -0.39 is 5.97 Å². The summed E-state index contributed by atoms with van der Waals surface area (Å²) in [5, 5.41) is 23.8. The summed E-state index contributed by atoms with van der Waals surface area (Å²) in [6.07, 6.45) is 0.936. The molecule has 2 heterocycles. The normalized spacial score (nSPS) is 15.3. The number of anilines is 1. The number of nitrogens with zero attached hydrogens (tertiary/aromatic N) is 5. The monoisotopic (exact) mass is 358 g/mol. The van der Waals surface area contributed by atoms with E-state index >= 15 is 0 Å². The van der Waals surface area contributed by atoms with E-state index in [4.69, 9.17) is 5.11 Å². The summed E-state index contributed by atoms with van der Waals surface area (Å²) in [6, 6.07) is 7.19. The molecule has 26 heavy (non-hydrogen) atoms. The summed E-state index contributed by atoms with van der Waals surface area (Å²) >= 11 is 0. The number of carbonyl (C=O) groups is 2. The number of para-hydroxylation sites is 1. The topological polar surface area (TPSA) is 113 Å². The predicted octanol–water partition coefficient (Wildman–Crippen LogP) is 2.25. The number of carboxylic acids is 1. The molecule has 1 saturated heterocycles. The Kier molecular flexibility index (Phi) is 5.15. The van der Waals surface area contributed by atoms with E-state index in [0.717, 1.165) is 5.56 Å². The summed E-state index contributed by atoms with van der Waals surface area (Å²) < 4.78 is 1.70. The minimum Gasteiger partial charge on any atom is -0.481 e. The average Bonchev–Trinajstić information content (AvgIpc) is 3.12. The Morgan fingerprint density at radius 3 is 2.58 bits per heavy atom. The highest BCUT2D eigenvalue weighted by molar-refractivity contribution is 5.93. The number of amides is 2. The molecule has 1 fully saturated rings. The Balaban J connectivity index is 1.76. The molecule has 1 aromatic heterocycles. The minimum absolute atomic E-state index is 0.0822. The van der Waals surface area contributed by atoms with Crippen molar-refractivity contribution in [1.82, 2.24) is 25.1 Å². The van der Waals surface area contributed by atoms with Crippen molar-refractivity contribution < 1.29 is 14.7 Å². The zero-order valence-electron chi connectivity index (χ0n) is 14.8. The molecule has 0 aliphatic carbocycles. The number of aliphatic carboxylic acids is 1. The SMILES string of the molecule is CC(C)n1nnnc1-c1ccccc1NC(=O)N1CCC(C(=O)O)CC1. The molecule has 3 rings (SSSR count). The number of rotatable bonds is 4. The van der Waals surface area contributed by atoms with Gasteiger partial charge in [0.25, 0.3) is 0 Å². The first-order valence-electron chi connectivity index (χ1n) is 8.63. The van der Waals surface area contributed by atoms with Gasteiger partial charge in [-0.2, -0.15) is 0 Å². The second kappa shape index (κ2) is 7.51. The van der Waals surface area contributed by atoms with Crippen LogP contribution in [0.15, 0.2) is 24.3 Å². The van der Waals surface area contributed by atoms with E-state index in [1.54, 1.807) is 15.6 Å². The third-order valence-electron chi connectivity index (χ3n) is 4.52. The van der Waals surface area contributed by atoms with Gasteiger partial charge >= 0.3 is 12.0 Å². The van der Waals surface area contributed by atoms with Gasteiger partial charge in [0.15, 0.2) is 5.82 Å². The summed E-state index contributed by atoms with van der Waals surface area (Å²) in [5.74, 6) is -0.585. The first-order chi connectivity index (χ1) is 12.5. The van der Waals surface area contributed by atoms with Gasteiger partial charge in [0.1, 0.15) is 0 Å². The van der Waals surface area contributed by atoms with Crippen molar-refractivity contribution in [3.05, 3.63) is 24.3 Å². The van der Waals surface area contributed by atoms with Crippen LogP contribution < -0.4 is 5.32 Å². The molecule has 1 aromatic carbocycles. The van der Waals surface area contributed by atoms with Gasteiger partial charge < -0.3 is 15.3 Å². The molecule has 0 bridgehead atoms. The van der Waals surface area contributed by atoms with Crippen LogP contribution in [-0.4, -0.2) is 55.3 Å². The Morgan fingerprint density at radius 1 is 1.23 bits per heavy atom. The lowest BCUT2D eigenvalue weighted by Crippen LogP contribution is -2.42. The van der Waals surface area contributed by atoms with Crippen molar-refractivity contribution in [3.63, 3.8) is 0 Å². The molecule has 1 aliphatic rings. The molecule has 0 unspecified atom stereocenters. The number of carbonyl (C=O) groups excluding carboxylic acids is 1. The van der Waals surface area contributed by atoms with Gasteiger partial charge in [-0.25, -0.2) is 9.48 Å². The summed E-state index contributed by atoms with van der Waals surface area (Å²) in [5.41, 5.74) is 1.36. The fourth-order valence-corrected chi connectivity index (χ4v) is 3.03. The van der Waals surface area contributed by atoms with Gasteiger partial charge in [0.05, 0.1) is 17.6 Å². The zero-order chi connectivity index (χ0) is 18.7. The van der Waals surface area contributed by atoms with Crippen LogP contribution in [0.2, 0.25) is 0 Å². The highest BCUT2D eigenvalue weighted by Gasteiger charge is 2.27. The van der Waals surface area contributed by atoms with Crippen LogP contribution in [0, 0.1) is 5.92 Å². The Labute approximate surface area is 151 Å². The molecule has 9 heteroatoms. The first-order valence-corrected chi connectivity index (χ1v) is 8.63. The summed E-state index contributed by atoms with van der Waals surface area (Å²) in [6.45, 7) is 4.81. The fourth-order valence-electron chi connectivity index (χ4n) is 3.03. The zero-order valence-corrected chi connectivity index (χ0v) is 14.8. The molecule has 2 aromatic rings. The van der Waals surface area contributed by atoms with E-state index in [2.05, 4.69) is 20.8 Å². The number of urea groups is 1. The lowest BCUT2D eigenvalue weighted by Gasteiger charge is -2.30. The molecular weight excluding hydrogens is 336 g/mol. The van der Waals surface area contributed by atoms with Crippen molar-refractivity contribution in [2.24, 2.45) is 5.92 Å². The van der Waals surface area contributed by atoms with Crippen LogP contribution in [0.3, 0.4) is 0 Å². The van der Waals surface area contributed by atoms with Crippen molar-refractivity contribution >= 4 is 17.7 Å². The number of hydrogen-bond acceptors (Lipinski definition) is 5. The van der Waals surface area contributed by atoms with Crippen molar-refractivity contribution in [3.8, 4) is 11.4 Å². The van der Waals surface area contributed by atoms with E-state index in [9.17, 15) is 9.59 Å². The van der Waals surface area contributed by atoms with Gasteiger partial charge in [0, 0.05) is 18.7 Å². The van der Waals surface area contributed by atoms with Gasteiger partial charge in [0.2, 0.25) is 0 Å². The second-order valence-electron chi connectivity index (χ2n) is 6.62. The third kappa shape index (κ3) is 3.66. The maximum absolute atomic E-state index is 12.6. The summed E-state index contributed by atoms with van der Waals surface area (Å²) in [7, 11) is 0. The number of benzene rings is 1. The van der Waals surface area contributed by atoms with Crippen LogP contribution >= 0.6 is 0 Å². The molecule has 9 nitrogen and oxygen atoms in total. The van der Waals surface area contributed by atoms with E-state index in [1.165, 1.54) is 0 Å². The van der Waals surface area contributed by atoms with Gasteiger partial charge in [-0.1, -0.05) is 12.1 Å². The second-order valence-corrected chi connectivity index (χ2v) is 6.62. The van der Waals surface area contributed by atoms with E-state index in [-0.39, 0.29) is 18.0 Å². The predicted molar refractivity (Wildman–Crippen MR) is 94.6 cm³/mol. The highest BCUT2D eigenvalue weighted by atomic mass is 16.4. The standard InChI is InChI=1S/C17H22N6O3/c1-11(2)23-15(19-20-21-23)13-5-3-4-6-14(13)18-17(26)22-9-7-12(8-10-22)16(24)25/h3-6,11-12H,7-10H2,1-2H3,(H,18,26)(H,24,25). The lowest BCUT2D eigenvalue weighted by molar-refractivity contribution is -0.143. The number of piperidine rings is 1. The van der Waals surface area contributed by atoms with Crippen molar-refractivity contribution in [2.45, 2.75) is 32.7 Å². The molecule has 0 atom stereocenters. The molecule has 138 valence electrons. The number of carboxylic acid groups (broad SMARTS) is 1. The molecule has 2 amide bonds. The Morgan fingerprint density at radius 2 is 1.92 bits per heavy atom. The Hall–Kier alpha value is -2.97. The molecule has 0 spiro atoms. The molecule has 2 N–H and O–H groups in total. The van der Waals surface area contributed by atoms with Crippen molar-refractivity contribution in [2.75, 3.05) is 18.4 Å². The number of nitrogens with one attached hydrogen (secondary N) is 1. The van der Waals surface area contributed by atoms with E-state index in [1.807, 2.05) is 32.0 Å². The molecule has 0 saturated carbocycles. The van der Waals surface area contributed by atoms with Crippen LogP contribution in [0.5, 0.6) is 0 Å². The smallest absolute Gasteiger partial charge is 0.321 e. The largest absolute Gasteiger partial charge is 0.481 e. The molecule has 0 radical (unpaired) electrons. The third-order valence-corrected chi connectivity index (χ3v) is 4.52. The molecular formula is C17H22N6O3. The lowest BCUT2D eigenvalue weighted by atomic mass is 9.97. The average molecular weight is 358 g/mol. The van der Waals surface area contributed by atoms with Crippen LogP contribution in [0.1, 0.15) is 32.7 Å².